The molecule has 0 atom stereocenters. The van der Waals surface area contributed by atoms with Crippen LogP contribution >= 0.6 is 0 Å². The van der Waals surface area contributed by atoms with E-state index < -0.39 is 39.2 Å². The standard InChI is InChI=1S/2C4H10O2.2C4H9O.O.Ti/c2*1-4(2,3)6-5;2*1-4(2,3)5;;/h2*5H,1-3H3;2*1-3H3;;/q;;2*-1;;+4/p-2. The summed E-state index contributed by atoms with van der Waals surface area (Å²) < 4.78 is 35.8. The van der Waals surface area contributed by atoms with Crippen molar-refractivity contribution in [2.45, 2.75) is 105 Å². The van der Waals surface area contributed by atoms with Crippen LogP contribution < -0.4 is 0 Å². The fraction of sp³-hybridized carbons (Fsp3) is 1.00. The van der Waals surface area contributed by atoms with Gasteiger partial charge in [0.25, 0.3) is 0 Å². The van der Waals surface area contributed by atoms with Gasteiger partial charge in [-0.1, -0.05) is 0 Å². The maximum absolute atomic E-state index is 13.9. The van der Waals surface area contributed by atoms with E-state index in [-0.39, 0.29) is 0 Å². The second kappa shape index (κ2) is 7.12. The Balaban J connectivity index is 5.95. The van der Waals surface area contributed by atoms with Crippen LogP contribution in [0.2, 0.25) is 0 Å². The molecular weight excluding hydrogens is 352 g/mol. The maximum atomic E-state index is 13.9. The van der Waals surface area contributed by atoms with E-state index in [9.17, 15) is 3.32 Å². The summed E-state index contributed by atoms with van der Waals surface area (Å²) in [6.45, 7) is 20.7. The fourth-order valence-electron chi connectivity index (χ4n) is 1.49. The predicted octanol–water partition coefficient (Wildman–Crippen LogP) is 4.81. The minimum absolute atomic E-state index is 0.761. The second-order valence-electron chi connectivity index (χ2n) is 9.82. The number of hydrogen-bond acceptors (Lipinski definition) is 7. The van der Waals surface area contributed by atoms with Gasteiger partial charge in [-0.3, -0.25) is 0 Å². The molecule has 0 spiro atoms. The summed E-state index contributed by atoms with van der Waals surface area (Å²) in [5, 5.41) is 0. The molecule has 0 N–H and O–H groups in total. The van der Waals surface area contributed by atoms with Crippen molar-refractivity contribution >= 4 is 0 Å². The quantitative estimate of drug-likeness (QED) is 0.367. The Morgan fingerprint density at radius 1 is 0.500 bits per heavy atom. The van der Waals surface area contributed by atoms with Gasteiger partial charge in [0.15, 0.2) is 0 Å². The first-order chi connectivity index (χ1) is 10.1. The molecule has 8 heteroatoms. The van der Waals surface area contributed by atoms with E-state index in [2.05, 4.69) is 0 Å². The molecule has 24 heavy (non-hydrogen) atoms. The third-order valence-corrected chi connectivity index (χ3v) is 5.87. The summed E-state index contributed by atoms with van der Waals surface area (Å²) >= 11 is -6.32. The van der Waals surface area contributed by atoms with Gasteiger partial charge in [0.05, 0.1) is 0 Å². The molecule has 0 saturated carbocycles. The van der Waals surface area contributed by atoms with Gasteiger partial charge in [0.2, 0.25) is 0 Å². The van der Waals surface area contributed by atoms with Gasteiger partial charge in [-0.05, 0) is 0 Å². The van der Waals surface area contributed by atoms with Gasteiger partial charge in [0, 0.05) is 0 Å². The van der Waals surface area contributed by atoms with Crippen LogP contribution in [0.15, 0.2) is 0 Å². The molecule has 0 unspecified atom stereocenters. The first-order valence-electron chi connectivity index (χ1n) is 8.17. The first kappa shape index (κ1) is 24.3. The van der Waals surface area contributed by atoms with Crippen LogP contribution in [-0.4, -0.2) is 22.4 Å². The molecule has 0 heterocycles. The van der Waals surface area contributed by atoms with E-state index in [1.54, 1.807) is 83.1 Å². The van der Waals surface area contributed by atoms with Gasteiger partial charge in [0.1, 0.15) is 0 Å². The minimum atomic E-state index is -6.32. The molecular formula is C16H36O7Ti. The molecule has 0 aliphatic rings. The van der Waals surface area contributed by atoms with Crippen LogP contribution in [0.4, 0.5) is 0 Å². The van der Waals surface area contributed by atoms with E-state index in [1.165, 1.54) is 0 Å². The van der Waals surface area contributed by atoms with E-state index in [0.717, 1.165) is 0 Å². The van der Waals surface area contributed by atoms with E-state index in [0.29, 0.717) is 0 Å². The van der Waals surface area contributed by atoms with Crippen molar-refractivity contribution < 1.29 is 43.5 Å². The van der Waals surface area contributed by atoms with Crippen molar-refractivity contribution in [2.75, 3.05) is 0 Å². The topological polar surface area (TPSA) is 72.5 Å². The van der Waals surface area contributed by atoms with Gasteiger partial charge in [-0.25, -0.2) is 0 Å². The van der Waals surface area contributed by atoms with Crippen molar-refractivity contribution in [3.63, 3.8) is 0 Å². The Morgan fingerprint density at radius 2 is 0.750 bits per heavy atom. The van der Waals surface area contributed by atoms with Crippen LogP contribution in [0.5, 0.6) is 0 Å². The average molecular weight is 388 g/mol. The molecule has 146 valence electrons. The summed E-state index contributed by atoms with van der Waals surface area (Å²) in [5.41, 5.74) is -3.32. The molecule has 0 amide bonds. The zero-order chi connectivity index (χ0) is 19.7. The van der Waals surface area contributed by atoms with Gasteiger partial charge in [-0.15, -0.1) is 0 Å². The Morgan fingerprint density at radius 3 is 0.917 bits per heavy atom. The first-order valence-corrected chi connectivity index (χ1v) is 11.4. The monoisotopic (exact) mass is 388 g/mol. The van der Waals surface area contributed by atoms with E-state index >= 15 is 0 Å². The third kappa shape index (κ3) is 11.0. The molecule has 0 aromatic rings. The van der Waals surface area contributed by atoms with Crippen molar-refractivity contribution in [3.8, 4) is 0 Å². The average Bonchev–Trinajstić information content (AvgIpc) is 2.17. The third-order valence-electron chi connectivity index (χ3n) is 1.80. The number of hydrogen-bond donors (Lipinski definition) is 0. The van der Waals surface area contributed by atoms with Crippen LogP contribution in [0.1, 0.15) is 83.1 Å². The van der Waals surface area contributed by atoms with Crippen molar-refractivity contribution in [2.24, 2.45) is 0 Å². The van der Waals surface area contributed by atoms with Gasteiger partial charge >= 0.3 is 149 Å². The second-order valence-corrected chi connectivity index (χ2v) is 13.6. The van der Waals surface area contributed by atoms with E-state index in [1.807, 2.05) is 0 Å². The normalized spacial score (nSPS) is 15.7. The molecule has 0 bridgehead atoms. The molecule has 0 aliphatic heterocycles. The fourth-order valence-corrected chi connectivity index (χ4v) is 6.14. The number of rotatable bonds is 6. The van der Waals surface area contributed by atoms with Crippen LogP contribution in [-0.2, 0) is 43.5 Å². The Hall–Kier alpha value is 0.274. The Kier molecular flexibility index (Phi) is 7.20. The van der Waals surface area contributed by atoms with E-state index in [4.69, 9.17) is 23.4 Å². The molecule has 7 nitrogen and oxygen atoms in total. The molecule has 0 aromatic heterocycles. The molecule has 0 aliphatic carbocycles. The molecule has 0 rings (SSSR count). The van der Waals surface area contributed by atoms with Crippen molar-refractivity contribution in [3.05, 3.63) is 0 Å². The van der Waals surface area contributed by atoms with Gasteiger partial charge in [-0.2, -0.15) is 0 Å². The summed E-state index contributed by atoms with van der Waals surface area (Å²) in [5.74, 6) is 0. The summed E-state index contributed by atoms with van der Waals surface area (Å²) in [6, 6.07) is 0. The SMILES string of the molecule is CC(C)(C)O[O][Ti](=[O])([O]OC(C)(C)C)([O]C(C)(C)C)[O]C(C)(C)C. The van der Waals surface area contributed by atoms with Crippen molar-refractivity contribution in [1.29, 1.82) is 0 Å². The zero-order valence-electron chi connectivity index (χ0n) is 17.4. The zero-order valence-corrected chi connectivity index (χ0v) is 18.9. The van der Waals surface area contributed by atoms with Crippen LogP contribution in [0, 0.1) is 0 Å². The summed E-state index contributed by atoms with van der Waals surface area (Å²) in [7, 11) is 0. The predicted molar refractivity (Wildman–Crippen MR) is 86.2 cm³/mol. The molecule has 0 radical (unpaired) electrons. The molecule has 0 fully saturated rings. The Labute approximate surface area is 149 Å². The van der Waals surface area contributed by atoms with Crippen LogP contribution in [0.3, 0.4) is 0 Å². The Bertz CT molecular complexity index is 429. The molecule has 0 saturated heterocycles. The van der Waals surface area contributed by atoms with Crippen molar-refractivity contribution in [1.82, 2.24) is 0 Å². The van der Waals surface area contributed by atoms with Crippen LogP contribution in [0.25, 0.3) is 0 Å². The van der Waals surface area contributed by atoms with Gasteiger partial charge < -0.3 is 0 Å². The molecule has 0 aromatic carbocycles. The summed E-state index contributed by atoms with van der Waals surface area (Å²) in [4.78, 5) is 10.5. The summed E-state index contributed by atoms with van der Waals surface area (Å²) in [6.07, 6.45) is 0.